The van der Waals surface area contributed by atoms with E-state index in [0.29, 0.717) is 13.1 Å². The van der Waals surface area contributed by atoms with E-state index in [2.05, 4.69) is 15.3 Å². The topological polar surface area (TPSA) is 220 Å². The van der Waals surface area contributed by atoms with Crippen LogP contribution in [-0.2, 0) is 23.8 Å². The quantitative estimate of drug-likeness (QED) is 0.0827. The number of fused-ring (bicyclic) bond motifs is 15. The maximum Gasteiger partial charge on any atom is 0.312 e. The van der Waals surface area contributed by atoms with Crippen LogP contribution in [0, 0.1) is 36.5 Å². The number of hydrogen-bond donors (Lipinski definition) is 6. The number of rotatable bonds is 4. The molecule has 4 heterocycles. The number of allylic oxidation sites excluding steroid dienone is 1. The Morgan fingerprint density at radius 2 is 1.61 bits per heavy atom. The number of nitrogens with zero attached hydrogens (tertiary/aromatic N) is 3. The third-order valence-corrected chi connectivity index (χ3v) is 12.1. The summed E-state index contributed by atoms with van der Waals surface area (Å²) in [4.78, 5) is 42.7. The number of aliphatic hydroxyl groups excluding tert-OH is 2. The highest BCUT2D eigenvalue weighted by Gasteiger charge is 2.50. The van der Waals surface area contributed by atoms with Crippen LogP contribution in [0.15, 0.2) is 29.6 Å². The number of carbonyl (C=O) groups is 3. The lowest BCUT2D eigenvalue weighted by molar-refractivity contribution is -0.160. The fraction of sp³-hybridized carbons (Fsp3) is 0.581. The van der Waals surface area contributed by atoms with Gasteiger partial charge in [0, 0.05) is 87.7 Å². The zero-order valence-electron chi connectivity index (χ0n) is 35.6. The van der Waals surface area contributed by atoms with E-state index in [1.54, 1.807) is 51.8 Å². The van der Waals surface area contributed by atoms with Gasteiger partial charge >= 0.3 is 11.8 Å². The predicted octanol–water partition coefficient (Wildman–Crippen LogP) is 4.42. The second-order valence-corrected chi connectivity index (χ2v) is 16.5. The number of piperazine rings is 1. The number of anilines is 1. The third kappa shape index (κ3) is 9.00. The van der Waals surface area contributed by atoms with E-state index in [1.165, 1.54) is 46.4 Å². The number of Topliss-reactive ketones (excluding diaryl/α,β-unsaturated/α-hetero) is 1. The summed E-state index contributed by atoms with van der Waals surface area (Å²) < 4.78 is 23.6. The molecule has 16 nitrogen and oxygen atoms in total. The fourth-order valence-corrected chi connectivity index (χ4v) is 8.11. The molecule has 0 aromatic heterocycles. The predicted molar refractivity (Wildman–Crippen MR) is 221 cm³/mol. The third-order valence-electron chi connectivity index (χ3n) is 12.1. The van der Waals surface area contributed by atoms with Crippen molar-refractivity contribution in [3.63, 3.8) is 0 Å². The van der Waals surface area contributed by atoms with Crippen LogP contribution in [0.25, 0.3) is 10.8 Å². The molecule has 0 saturated carbocycles. The van der Waals surface area contributed by atoms with Gasteiger partial charge in [-0.15, -0.1) is 0 Å². The minimum Gasteiger partial charge on any atom is -0.507 e. The Morgan fingerprint density at radius 1 is 0.949 bits per heavy atom. The summed E-state index contributed by atoms with van der Waals surface area (Å²) in [6, 6.07) is 0. The Hall–Kier alpha value is -4.90. The van der Waals surface area contributed by atoms with Gasteiger partial charge < -0.3 is 54.7 Å². The van der Waals surface area contributed by atoms with E-state index in [4.69, 9.17) is 18.9 Å². The SMILES string of the molecule is CO[C@H]1/C=C/O[C@@]2(C)Oc3c(C)c(O)c4c(O)c(c(/C=N/N5CCN(C)CC5)c(O)c4c3C2=O)NC(=O)C(C)C/C=C/[C@H](C)[C@H](O)[C@@H](C)[C@@H](O)[C@@H](C)[C@H](OC(C)=O)[C@@H]1C. The highest BCUT2D eigenvalue weighted by Crippen LogP contribution is 2.55. The molecular weight excluding hydrogens is 764 g/mol. The van der Waals surface area contributed by atoms with Crippen molar-refractivity contribution in [1.82, 2.24) is 9.91 Å². The van der Waals surface area contributed by atoms with Gasteiger partial charge in [0.1, 0.15) is 23.4 Å². The molecule has 4 aliphatic heterocycles. The van der Waals surface area contributed by atoms with Crippen LogP contribution in [0.1, 0.15) is 76.4 Å². The van der Waals surface area contributed by atoms with Crippen molar-refractivity contribution < 1.29 is 58.9 Å². The Balaban J connectivity index is 1.68. The van der Waals surface area contributed by atoms with E-state index < -0.39 is 94.7 Å². The highest BCUT2D eigenvalue weighted by molar-refractivity contribution is 6.23. The number of ketones is 1. The lowest BCUT2D eigenvalue weighted by Crippen LogP contribution is -2.46. The number of ether oxygens (including phenoxy) is 4. The number of nitrogens with one attached hydrogen (secondary N) is 1. The number of benzene rings is 2. The van der Waals surface area contributed by atoms with Crippen molar-refractivity contribution in [2.24, 2.45) is 34.7 Å². The summed E-state index contributed by atoms with van der Waals surface area (Å²) in [6.45, 7) is 15.3. The summed E-state index contributed by atoms with van der Waals surface area (Å²) in [5, 5.41) is 67.1. The molecule has 10 atom stereocenters. The van der Waals surface area contributed by atoms with Crippen LogP contribution >= 0.6 is 0 Å². The molecule has 0 radical (unpaired) electrons. The Labute approximate surface area is 345 Å². The average Bonchev–Trinajstić information content (AvgIpc) is 3.46. The van der Waals surface area contributed by atoms with Gasteiger partial charge in [-0.2, -0.15) is 5.10 Å². The van der Waals surface area contributed by atoms with Crippen LogP contribution in [-0.4, -0.2) is 130 Å². The van der Waals surface area contributed by atoms with Gasteiger partial charge in [0.25, 0.3) is 5.78 Å². The number of hydrazone groups is 1. The van der Waals surface area contributed by atoms with Gasteiger partial charge in [0.05, 0.1) is 53.0 Å². The molecule has 0 spiro atoms. The Bertz CT molecular complexity index is 2010. The second-order valence-electron chi connectivity index (χ2n) is 16.5. The lowest BCUT2D eigenvalue weighted by Gasteiger charge is -2.38. The Kier molecular flexibility index (Phi) is 13.9. The number of methoxy groups -OCH3 is 1. The highest BCUT2D eigenvalue weighted by atomic mass is 16.7. The summed E-state index contributed by atoms with van der Waals surface area (Å²) in [5.74, 6) is -8.72. The van der Waals surface area contributed by atoms with Crippen LogP contribution in [0.5, 0.6) is 23.0 Å². The first-order chi connectivity index (χ1) is 27.7. The number of phenolic OH excluding ortho intramolecular Hbond substituents is 3. The maximum atomic E-state index is 14.4. The van der Waals surface area contributed by atoms with Crippen molar-refractivity contribution in [2.75, 3.05) is 45.7 Å². The number of likely N-dealkylation sites (N-methyl/N-ethyl adjacent to an activating group) is 1. The standard InChI is InChI=1S/C43H60N4O12/c1-21-12-11-13-22(2)42(55)45-33-28(20-44-47-17-15-46(9)16-18-47)37(52)30-31(38(33)53)36(51)26(6)40-32(30)41(54)43(8,59-40)57-19-14-29(56-10)23(3)39(58-27(7)48)25(5)35(50)24(4)34(21)49/h11-12,14,19-25,29,34-35,39,49-53H,13,15-18H2,1-10H3,(H,45,55)/b12-11+,19-14+,44-20+/t21-,22?,23+,24+,25+,29-,34-,35+,39+,43-/m0/s1. The van der Waals surface area contributed by atoms with Gasteiger partial charge in [-0.05, 0) is 26.5 Å². The molecule has 1 amide bonds. The maximum absolute atomic E-state index is 14.4. The van der Waals surface area contributed by atoms with Crippen LogP contribution in [0.4, 0.5) is 5.69 Å². The van der Waals surface area contributed by atoms with Gasteiger partial charge in [-0.1, -0.05) is 46.8 Å². The molecule has 4 aliphatic rings. The number of carbonyl (C=O) groups excluding carboxylic acids is 3. The largest absolute Gasteiger partial charge is 0.507 e. The first-order valence-corrected chi connectivity index (χ1v) is 20.1. The molecule has 5 bridgehead atoms. The molecule has 6 rings (SSSR count). The van der Waals surface area contributed by atoms with Gasteiger partial charge in [0.15, 0.2) is 5.75 Å². The lowest BCUT2D eigenvalue weighted by atomic mass is 9.78. The van der Waals surface area contributed by atoms with Crippen molar-refractivity contribution >= 4 is 40.3 Å². The van der Waals surface area contributed by atoms with Crippen molar-refractivity contribution in [2.45, 2.75) is 92.0 Å². The first-order valence-electron chi connectivity index (χ1n) is 20.1. The molecule has 324 valence electrons. The molecular formula is C43H60N4O12. The Morgan fingerprint density at radius 3 is 2.24 bits per heavy atom. The normalized spacial score (nSPS) is 32.5. The molecule has 1 saturated heterocycles. The summed E-state index contributed by atoms with van der Waals surface area (Å²) in [6.07, 6.45) is 3.90. The van der Waals surface area contributed by atoms with Crippen molar-refractivity contribution in [3.05, 3.63) is 41.2 Å². The summed E-state index contributed by atoms with van der Waals surface area (Å²) in [7, 11) is 3.43. The van der Waals surface area contributed by atoms with Gasteiger partial charge in [0.2, 0.25) is 5.91 Å². The van der Waals surface area contributed by atoms with E-state index in [-0.39, 0.29) is 45.3 Å². The molecule has 1 unspecified atom stereocenters. The minimum absolute atomic E-state index is 0.0673. The summed E-state index contributed by atoms with van der Waals surface area (Å²) >= 11 is 0. The monoisotopic (exact) mass is 824 g/mol. The number of esters is 1. The molecule has 2 aromatic carbocycles. The zero-order chi connectivity index (χ0) is 43.7. The van der Waals surface area contributed by atoms with E-state index in [0.717, 1.165) is 13.1 Å². The first kappa shape index (κ1) is 45.2. The molecule has 0 aliphatic carbocycles. The van der Waals surface area contributed by atoms with Gasteiger partial charge in [-0.25, -0.2) is 0 Å². The van der Waals surface area contributed by atoms with E-state index in [1.807, 2.05) is 7.05 Å². The number of hydrogen-bond acceptors (Lipinski definition) is 15. The van der Waals surface area contributed by atoms with Crippen LogP contribution in [0.2, 0.25) is 0 Å². The molecule has 59 heavy (non-hydrogen) atoms. The van der Waals surface area contributed by atoms with Crippen molar-refractivity contribution in [1.29, 1.82) is 0 Å². The molecule has 6 N–H and O–H groups in total. The minimum atomic E-state index is -2.04. The van der Waals surface area contributed by atoms with Crippen LogP contribution < -0.4 is 10.1 Å². The number of aliphatic hydroxyl groups is 2. The van der Waals surface area contributed by atoms with Gasteiger partial charge in [-0.3, -0.25) is 19.4 Å². The zero-order valence-corrected chi connectivity index (χ0v) is 35.6. The number of aromatic hydroxyl groups is 3. The fourth-order valence-electron chi connectivity index (χ4n) is 8.11. The van der Waals surface area contributed by atoms with E-state index in [9.17, 15) is 39.9 Å². The molecule has 1 fully saturated rings. The molecule has 2 aromatic rings. The summed E-state index contributed by atoms with van der Waals surface area (Å²) in [5.41, 5.74) is -0.430. The average molecular weight is 825 g/mol. The number of phenols is 3. The van der Waals surface area contributed by atoms with E-state index >= 15 is 0 Å². The van der Waals surface area contributed by atoms with Crippen LogP contribution in [0.3, 0.4) is 0 Å². The number of amides is 1. The second kappa shape index (κ2) is 18.2. The van der Waals surface area contributed by atoms with Crippen molar-refractivity contribution in [3.8, 4) is 23.0 Å². The molecule has 16 heteroatoms. The smallest absolute Gasteiger partial charge is 0.312 e.